The third-order valence-corrected chi connectivity index (χ3v) is 3.80. The zero-order valence-corrected chi connectivity index (χ0v) is 10.3. The minimum atomic E-state index is -1.29. The molecule has 3 rings (SSSR count). The number of aliphatic hydroxyl groups excluding tert-OH is 2. The van der Waals surface area contributed by atoms with Gasteiger partial charge in [-0.25, -0.2) is 4.39 Å². The predicted octanol–water partition coefficient (Wildman–Crippen LogP) is 0.630. The summed E-state index contributed by atoms with van der Waals surface area (Å²) in [5, 5.41) is 21.2. The van der Waals surface area contributed by atoms with Crippen molar-refractivity contribution in [1.29, 1.82) is 0 Å². The normalized spacial score (nSPS) is 25.6. The second-order valence-corrected chi connectivity index (χ2v) is 5.07. The molecule has 0 bridgehead atoms. The van der Waals surface area contributed by atoms with Crippen LogP contribution < -0.4 is 10.2 Å². The van der Waals surface area contributed by atoms with Crippen LogP contribution in [0.4, 0.5) is 15.8 Å². The van der Waals surface area contributed by atoms with E-state index in [4.69, 9.17) is 5.11 Å². The molecule has 2 aliphatic rings. The highest BCUT2D eigenvalue weighted by molar-refractivity contribution is 6.02. The van der Waals surface area contributed by atoms with Crippen molar-refractivity contribution >= 4 is 17.3 Å². The molecule has 2 aliphatic heterocycles. The predicted molar refractivity (Wildman–Crippen MR) is 67.4 cm³/mol. The van der Waals surface area contributed by atoms with Crippen LogP contribution in [0.3, 0.4) is 0 Å². The molecule has 0 aliphatic carbocycles. The molecule has 2 heterocycles. The van der Waals surface area contributed by atoms with Crippen molar-refractivity contribution in [1.82, 2.24) is 0 Å². The van der Waals surface area contributed by atoms with Crippen molar-refractivity contribution in [2.24, 2.45) is 5.92 Å². The van der Waals surface area contributed by atoms with Gasteiger partial charge in [0.2, 0.25) is 0 Å². The fourth-order valence-corrected chi connectivity index (χ4v) is 2.70. The second kappa shape index (κ2) is 4.47. The minimum absolute atomic E-state index is 0.0957. The molecule has 1 amide bonds. The lowest BCUT2D eigenvalue weighted by molar-refractivity contribution is -0.123. The largest absolute Gasteiger partial charge is 0.396 e. The Labute approximate surface area is 109 Å². The molecule has 3 N–H and O–H groups in total. The monoisotopic (exact) mass is 266 g/mol. The van der Waals surface area contributed by atoms with Gasteiger partial charge in [-0.3, -0.25) is 4.79 Å². The molecule has 1 aromatic rings. The summed E-state index contributed by atoms with van der Waals surface area (Å²) in [7, 11) is 0. The Morgan fingerprint density at radius 3 is 2.95 bits per heavy atom. The molecular weight excluding hydrogens is 251 g/mol. The first-order valence-corrected chi connectivity index (χ1v) is 6.28. The quantitative estimate of drug-likeness (QED) is 0.734. The van der Waals surface area contributed by atoms with Crippen molar-refractivity contribution in [3.63, 3.8) is 0 Å². The van der Waals surface area contributed by atoms with Crippen molar-refractivity contribution in [3.8, 4) is 0 Å². The van der Waals surface area contributed by atoms with Crippen LogP contribution in [-0.4, -0.2) is 35.8 Å². The average Bonchev–Trinajstić information content (AvgIpc) is 2.96. The maximum absolute atomic E-state index is 14.1. The zero-order valence-electron chi connectivity index (χ0n) is 10.3. The minimum Gasteiger partial charge on any atom is -0.396 e. The molecule has 5 nitrogen and oxygen atoms in total. The van der Waals surface area contributed by atoms with Gasteiger partial charge in [0.05, 0.1) is 5.69 Å². The number of carbonyl (C=O) groups is 1. The van der Waals surface area contributed by atoms with Gasteiger partial charge in [-0.15, -0.1) is 0 Å². The van der Waals surface area contributed by atoms with E-state index in [0.717, 1.165) is 6.42 Å². The number of nitrogens with one attached hydrogen (secondary N) is 1. The van der Waals surface area contributed by atoms with Crippen LogP contribution >= 0.6 is 0 Å². The topological polar surface area (TPSA) is 72.8 Å². The average molecular weight is 266 g/mol. The number of hydrogen-bond acceptors (Lipinski definition) is 4. The molecule has 19 heavy (non-hydrogen) atoms. The highest BCUT2D eigenvalue weighted by Gasteiger charge is 2.32. The van der Waals surface area contributed by atoms with Crippen molar-refractivity contribution in [2.45, 2.75) is 12.5 Å². The van der Waals surface area contributed by atoms with E-state index in [0.29, 0.717) is 24.5 Å². The van der Waals surface area contributed by atoms with E-state index in [1.807, 2.05) is 4.90 Å². The summed E-state index contributed by atoms with van der Waals surface area (Å²) in [5.74, 6) is -0.818. The molecular formula is C13H15FN2O3. The Kier molecular flexibility index (Phi) is 2.91. The highest BCUT2D eigenvalue weighted by Crippen LogP contribution is 2.37. The molecule has 0 spiro atoms. The van der Waals surface area contributed by atoms with Crippen molar-refractivity contribution in [2.75, 3.05) is 29.9 Å². The number of aliphatic hydroxyl groups is 2. The van der Waals surface area contributed by atoms with Crippen LogP contribution in [0, 0.1) is 11.7 Å². The fraction of sp³-hybridized carbons (Fsp3) is 0.462. The Morgan fingerprint density at radius 1 is 1.47 bits per heavy atom. The SMILES string of the molecule is O=C1Nc2cc(N3CCC(CO)C3)c(F)cc2C1O. The van der Waals surface area contributed by atoms with E-state index in [1.165, 1.54) is 6.07 Å². The standard InChI is InChI=1S/C13H15FN2O3/c14-9-3-8-10(15-13(19)12(8)18)4-11(9)16-2-1-7(5-16)6-17/h3-4,7,12,17-18H,1-2,5-6H2,(H,15,19). The lowest BCUT2D eigenvalue weighted by Gasteiger charge is -2.20. The first-order valence-electron chi connectivity index (χ1n) is 6.28. The number of hydrogen-bond donors (Lipinski definition) is 3. The number of benzene rings is 1. The van der Waals surface area contributed by atoms with E-state index < -0.39 is 17.8 Å². The summed E-state index contributed by atoms with van der Waals surface area (Å²) >= 11 is 0. The van der Waals surface area contributed by atoms with Gasteiger partial charge in [-0.1, -0.05) is 0 Å². The molecule has 0 radical (unpaired) electrons. The van der Waals surface area contributed by atoms with Crippen molar-refractivity contribution in [3.05, 3.63) is 23.5 Å². The molecule has 2 unspecified atom stereocenters. The second-order valence-electron chi connectivity index (χ2n) is 5.07. The van der Waals surface area contributed by atoms with E-state index in [-0.39, 0.29) is 18.1 Å². The fourth-order valence-electron chi connectivity index (χ4n) is 2.70. The highest BCUT2D eigenvalue weighted by atomic mass is 19.1. The third-order valence-electron chi connectivity index (χ3n) is 3.80. The van der Waals surface area contributed by atoms with Gasteiger partial charge in [0.1, 0.15) is 5.82 Å². The molecule has 102 valence electrons. The van der Waals surface area contributed by atoms with Crippen LogP contribution in [0.2, 0.25) is 0 Å². The van der Waals surface area contributed by atoms with Gasteiger partial charge < -0.3 is 20.4 Å². The number of anilines is 2. The number of nitrogens with zero attached hydrogens (tertiary/aromatic N) is 1. The number of fused-ring (bicyclic) bond motifs is 1. The summed E-state index contributed by atoms with van der Waals surface area (Å²) in [6.07, 6.45) is -0.468. The third kappa shape index (κ3) is 1.97. The number of halogens is 1. The summed E-state index contributed by atoms with van der Waals surface area (Å²) in [5.41, 5.74) is 1.15. The maximum Gasteiger partial charge on any atom is 0.257 e. The van der Waals surface area contributed by atoms with Crippen molar-refractivity contribution < 1.29 is 19.4 Å². The molecule has 1 aromatic carbocycles. The number of carbonyl (C=O) groups excluding carboxylic acids is 1. The lowest BCUT2D eigenvalue weighted by atomic mass is 10.1. The van der Waals surface area contributed by atoms with Gasteiger partial charge in [0.15, 0.2) is 6.10 Å². The number of rotatable bonds is 2. The van der Waals surface area contributed by atoms with Gasteiger partial charge in [-0.2, -0.15) is 0 Å². The van der Waals surface area contributed by atoms with E-state index in [2.05, 4.69) is 5.32 Å². The lowest BCUT2D eigenvalue weighted by Crippen LogP contribution is -2.21. The van der Waals surface area contributed by atoms with Crippen LogP contribution in [0.15, 0.2) is 12.1 Å². The summed E-state index contributed by atoms with van der Waals surface area (Å²) in [4.78, 5) is 13.2. The van der Waals surface area contributed by atoms with E-state index in [1.54, 1.807) is 6.07 Å². The van der Waals surface area contributed by atoms with E-state index in [9.17, 15) is 14.3 Å². The molecule has 0 saturated carbocycles. The van der Waals surface area contributed by atoms with Gasteiger partial charge in [0.25, 0.3) is 5.91 Å². The maximum atomic E-state index is 14.1. The molecule has 0 aromatic heterocycles. The Hall–Kier alpha value is -1.66. The molecule has 1 fully saturated rings. The summed E-state index contributed by atoms with van der Waals surface area (Å²) in [6, 6.07) is 2.76. The van der Waals surface area contributed by atoms with E-state index >= 15 is 0 Å². The Morgan fingerprint density at radius 2 is 2.26 bits per heavy atom. The number of amides is 1. The first kappa shape index (κ1) is 12.4. The van der Waals surface area contributed by atoms with Crippen LogP contribution in [0.5, 0.6) is 0 Å². The Bertz CT molecular complexity index is 535. The van der Waals surface area contributed by atoms with Crippen LogP contribution in [0.25, 0.3) is 0 Å². The van der Waals surface area contributed by atoms with Crippen LogP contribution in [0.1, 0.15) is 18.1 Å². The van der Waals surface area contributed by atoms with Crippen LogP contribution in [-0.2, 0) is 4.79 Å². The van der Waals surface area contributed by atoms with Gasteiger partial charge in [-0.05, 0) is 18.6 Å². The zero-order chi connectivity index (χ0) is 13.6. The molecule has 1 saturated heterocycles. The van der Waals surface area contributed by atoms with Gasteiger partial charge in [0, 0.05) is 36.9 Å². The molecule has 2 atom stereocenters. The molecule has 6 heteroatoms. The summed E-state index contributed by atoms with van der Waals surface area (Å²) < 4.78 is 14.1. The Balaban J connectivity index is 1.92. The smallest absolute Gasteiger partial charge is 0.257 e. The first-order chi connectivity index (χ1) is 9.10. The summed E-state index contributed by atoms with van der Waals surface area (Å²) in [6.45, 7) is 1.37. The van der Waals surface area contributed by atoms with Gasteiger partial charge >= 0.3 is 0 Å².